The molecule has 0 aliphatic carbocycles. The van der Waals surface area contributed by atoms with Gasteiger partial charge in [0.05, 0.1) is 5.02 Å². The Balaban J connectivity index is 2.64. The first kappa shape index (κ1) is 13.0. The molecule has 0 radical (unpaired) electrons. The standard InChI is InChI=1S/C12H9BrCl2O2/c1-16-6-17-10-5-8(13)11-7(12(10)15)3-2-4-9(11)14/h2-5H,6H2,1H3. The van der Waals surface area contributed by atoms with Crippen LogP contribution in [0.4, 0.5) is 0 Å². The monoisotopic (exact) mass is 334 g/mol. The van der Waals surface area contributed by atoms with Crippen molar-refractivity contribution in [2.24, 2.45) is 0 Å². The topological polar surface area (TPSA) is 18.5 Å². The SMILES string of the molecule is COCOc1cc(Br)c2c(Cl)cccc2c1Cl. The Morgan fingerprint density at radius 2 is 2.06 bits per heavy atom. The van der Waals surface area contributed by atoms with Crippen molar-refractivity contribution < 1.29 is 9.47 Å². The summed E-state index contributed by atoms with van der Waals surface area (Å²) in [5, 5.41) is 2.90. The summed E-state index contributed by atoms with van der Waals surface area (Å²) in [5.74, 6) is 0.565. The van der Waals surface area contributed by atoms with Crippen molar-refractivity contribution in [3.8, 4) is 5.75 Å². The summed E-state index contributed by atoms with van der Waals surface area (Å²) in [6.45, 7) is 0.151. The lowest BCUT2D eigenvalue weighted by Crippen LogP contribution is -1.99. The number of hydrogen-bond donors (Lipinski definition) is 0. The van der Waals surface area contributed by atoms with E-state index in [1.165, 1.54) is 0 Å². The summed E-state index contributed by atoms with van der Waals surface area (Å²) in [6.07, 6.45) is 0. The van der Waals surface area contributed by atoms with E-state index < -0.39 is 0 Å². The Labute approximate surface area is 118 Å². The molecule has 17 heavy (non-hydrogen) atoms. The predicted octanol–water partition coefficient (Wildman–Crippen LogP) is 4.89. The Hall–Kier alpha value is -0.480. The molecule has 5 heteroatoms. The maximum Gasteiger partial charge on any atom is 0.188 e. The van der Waals surface area contributed by atoms with E-state index in [9.17, 15) is 0 Å². The lowest BCUT2D eigenvalue weighted by atomic mass is 10.1. The third kappa shape index (κ3) is 2.52. The van der Waals surface area contributed by atoms with Crippen LogP contribution < -0.4 is 4.74 Å². The molecule has 0 aliphatic rings. The Bertz CT molecular complexity index is 558. The zero-order valence-electron chi connectivity index (χ0n) is 8.97. The van der Waals surface area contributed by atoms with E-state index in [1.54, 1.807) is 13.2 Å². The summed E-state index contributed by atoms with van der Waals surface area (Å²) < 4.78 is 11.1. The number of halogens is 3. The largest absolute Gasteiger partial charge is 0.466 e. The number of methoxy groups -OCH3 is 1. The molecule has 0 unspecified atom stereocenters. The molecule has 0 spiro atoms. The third-order valence-corrected chi connectivity index (χ3v) is 3.63. The quantitative estimate of drug-likeness (QED) is 0.743. The molecule has 0 amide bonds. The van der Waals surface area contributed by atoms with Gasteiger partial charge in [0.2, 0.25) is 0 Å². The lowest BCUT2D eigenvalue weighted by Gasteiger charge is -2.11. The number of ether oxygens (including phenoxy) is 2. The van der Waals surface area contributed by atoms with E-state index >= 15 is 0 Å². The van der Waals surface area contributed by atoms with E-state index in [0.29, 0.717) is 15.8 Å². The van der Waals surface area contributed by atoms with E-state index in [0.717, 1.165) is 15.2 Å². The van der Waals surface area contributed by atoms with Crippen LogP contribution >= 0.6 is 39.1 Å². The van der Waals surface area contributed by atoms with Gasteiger partial charge in [-0.15, -0.1) is 0 Å². The molecule has 2 nitrogen and oxygen atoms in total. The van der Waals surface area contributed by atoms with Gasteiger partial charge in [0, 0.05) is 27.4 Å². The minimum absolute atomic E-state index is 0.151. The smallest absolute Gasteiger partial charge is 0.188 e. The molecule has 0 saturated heterocycles. The average molecular weight is 336 g/mol. The lowest BCUT2D eigenvalue weighted by molar-refractivity contribution is 0.0512. The molecule has 0 saturated carbocycles. The van der Waals surface area contributed by atoms with Crippen LogP contribution in [0.25, 0.3) is 10.8 Å². The van der Waals surface area contributed by atoms with E-state index in [2.05, 4.69) is 15.9 Å². The molecule has 0 aliphatic heterocycles. The fourth-order valence-corrected chi connectivity index (χ4v) is 2.85. The van der Waals surface area contributed by atoms with Crippen LogP contribution in [0.3, 0.4) is 0 Å². The maximum absolute atomic E-state index is 6.26. The molecule has 0 bridgehead atoms. The first-order valence-electron chi connectivity index (χ1n) is 4.83. The van der Waals surface area contributed by atoms with Crippen molar-refractivity contribution in [2.75, 3.05) is 13.9 Å². The van der Waals surface area contributed by atoms with Crippen LogP contribution in [0.2, 0.25) is 10.0 Å². The molecule has 0 fully saturated rings. The van der Waals surface area contributed by atoms with Crippen LogP contribution in [0.1, 0.15) is 0 Å². The molecule has 2 aromatic rings. The second kappa shape index (κ2) is 5.44. The molecular formula is C12H9BrCl2O2. The fraction of sp³-hybridized carbons (Fsp3) is 0.167. The van der Waals surface area contributed by atoms with Gasteiger partial charge < -0.3 is 9.47 Å². The minimum Gasteiger partial charge on any atom is -0.466 e. The number of fused-ring (bicyclic) bond motifs is 1. The van der Waals surface area contributed by atoms with Gasteiger partial charge in [0.1, 0.15) is 5.75 Å². The van der Waals surface area contributed by atoms with Crippen molar-refractivity contribution in [1.82, 2.24) is 0 Å². The van der Waals surface area contributed by atoms with Crippen molar-refractivity contribution in [1.29, 1.82) is 0 Å². The summed E-state index contributed by atoms with van der Waals surface area (Å²) in [6, 6.07) is 7.35. The predicted molar refractivity (Wildman–Crippen MR) is 74.2 cm³/mol. The summed E-state index contributed by atoms with van der Waals surface area (Å²) in [4.78, 5) is 0. The highest BCUT2D eigenvalue weighted by atomic mass is 79.9. The van der Waals surface area contributed by atoms with Gasteiger partial charge in [-0.3, -0.25) is 0 Å². The van der Waals surface area contributed by atoms with Crippen molar-refractivity contribution >= 4 is 49.9 Å². The van der Waals surface area contributed by atoms with Crippen molar-refractivity contribution in [2.45, 2.75) is 0 Å². The number of hydrogen-bond acceptors (Lipinski definition) is 2. The Morgan fingerprint density at radius 1 is 1.29 bits per heavy atom. The van der Waals surface area contributed by atoms with Gasteiger partial charge in [-0.1, -0.05) is 35.3 Å². The van der Waals surface area contributed by atoms with Gasteiger partial charge in [0.15, 0.2) is 6.79 Å². The zero-order chi connectivity index (χ0) is 12.4. The van der Waals surface area contributed by atoms with E-state index in [-0.39, 0.29) is 6.79 Å². The molecule has 0 aromatic heterocycles. The molecule has 0 N–H and O–H groups in total. The first-order chi connectivity index (χ1) is 8.15. The van der Waals surface area contributed by atoms with Crippen LogP contribution in [-0.4, -0.2) is 13.9 Å². The van der Waals surface area contributed by atoms with Crippen LogP contribution in [0.15, 0.2) is 28.7 Å². The maximum atomic E-state index is 6.26. The van der Waals surface area contributed by atoms with Crippen LogP contribution in [0, 0.1) is 0 Å². The van der Waals surface area contributed by atoms with Gasteiger partial charge in [0.25, 0.3) is 0 Å². The molecule has 2 rings (SSSR count). The molecule has 0 atom stereocenters. The van der Waals surface area contributed by atoms with Crippen molar-refractivity contribution in [3.05, 3.63) is 38.8 Å². The number of benzene rings is 2. The summed E-state index contributed by atoms with van der Waals surface area (Å²) in [7, 11) is 1.56. The fourth-order valence-electron chi connectivity index (χ4n) is 1.56. The van der Waals surface area contributed by atoms with Crippen LogP contribution in [-0.2, 0) is 4.74 Å². The second-order valence-corrected chi connectivity index (χ2v) is 5.02. The Morgan fingerprint density at radius 3 is 2.76 bits per heavy atom. The van der Waals surface area contributed by atoms with Crippen molar-refractivity contribution in [3.63, 3.8) is 0 Å². The van der Waals surface area contributed by atoms with E-state index in [1.807, 2.05) is 18.2 Å². The molecular weight excluding hydrogens is 327 g/mol. The van der Waals surface area contributed by atoms with E-state index in [4.69, 9.17) is 32.7 Å². The first-order valence-corrected chi connectivity index (χ1v) is 6.38. The number of rotatable bonds is 3. The van der Waals surface area contributed by atoms with Gasteiger partial charge in [-0.2, -0.15) is 0 Å². The third-order valence-electron chi connectivity index (χ3n) is 2.30. The highest BCUT2D eigenvalue weighted by Crippen LogP contribution is 2.40. The molecule has 90 valence electrons. The van der Waals surface area contributed by atoms with Gasteiger partial charge >= 0.3 is 0 Å². The minimum atomic E-state index is 0.151. The summed E-state index contributed by atoms with van der Waals surface area (Å²) >= 11 is 15.9. The van der Waals surface area contributed by atoms with Gasteiger partial charge in [-0.25, -0.2) is 0 Å². The highest BCUT2D eigenvalue weighted by molar-refractivity contribution is 9.10. The molecule has 2 aromatic carbocycles. The van der Waals surface area contributed by atoms with Crippen LogP contribution in [0.5, 0.6) is 5.75 Å². The average Bonchev–Trinajstić information content (AvgIpc) is 2.31. The summed E-state index contributed by atoms with van der Waals surface area (Å²) in [5.41, 5.74) is 0. The second-order valence-electron chi connectivity index (χ2n) is 3.38. The van der Waals surface area contributed by atoms with Gasteiger partial charge in [-0.05, 0) is 28.1 Å². The Kier molecular flexibility index (Phi) is 4.15. The normalized spacial score (nSPS) is 10.8. The zero-order valence-corrected chi connectivity index (χ0v) is 12.1. The highest BCUT2D eigenvalue weighted by Gasteiger charge is 2.12. The molecule has 0 heterocycles.